The first-order valence-electron chi connectivity index (χ1n) is 19.2. The number of Topliss-reactive ketones (excluding diaryl/α,β-unsaturated/α-hetero) is 3. The molecule has 10 nitrogen and oxygen atoms in total. The molecule has 0 N–H and O–H groups in total. The van der Waals surface area contributed by atoms with Gasteiger partial charge in [-0.3, -0.25) is 24.2 Å². The Morgan fingerprint density at radius 3 is 2.30 bits per heavy atom. The lowest BCUT2D eigenvalue weighted by Crippen LogP contribution is -2.60. The molecule has 2 fully saturated rings. The Labute approximate surface area is 328 Å². The van der Waals surface area contributed by atoms with E-state index in [1.165, 1.54) is 6.07 Å². The monoisotopic (exact) mass is 783 g/mol. The van der Waals surface area contributed by atoms with Crippen molar-refractivity contribution in [3.63, 3.8) is 0 Å². The first-order valence-corrected chi connectivity index (χ1v) is 19.2. The third-order valence-corrected chi connectivity index (χ3v) is 12.3. The molecule has 3 aliphatic carbocycles. The van der Waals surface area contributed by atoms with Crippen molar-refractivity contribution in [3.8, 4) is 17.4 Å². The lowest BCUT2D eigenvalue weighted by molar-refractivity contribution is -0.275. The Hall–Kier alpha value is -5.27. The second-order valence-electron chi connectivity index (χ2n) is 15.9. The van der Waals surface area contributed by atoms with Gasteiger partial charge in [0.2, 0.25) is 0 Å². The summed E-state index contributed by atoms with van der Waals surface area (Å²) in [5.41, 5.74) is 0.151. The fourth-order valence-electron chi connectivity index (χ4n) is 9.73. The van der Waals surface area contributed by atoms with Crippen LogP contribution in [0.3, 0.4) is 0 Å². The highest BCUT2D eigenvalue weighted by atomic mass is 19.4. The number of ether oxygens (including phenoxy) is 3. The Morgan fingerprint density at radius 2 is 1.67 bits per heavy atom. The van der Waals surface area contributed by atoms with E-state index in [-0.39, 0.29) is 65.7 Å². The van der Waals surface area contributed by atoms with Gasteiger partial charge in [-0.1, -0.05) is 66.7 Å². The largest absolute Gasteiger partial charge is 0.573 e. The molecule has 4 aliphatic rings. The molecule has 1 saturated heterocycles. The molecule has 1 aliphatic heterocycles. The van der Waals surface area contributed by atoms with E-state index in [2.05, 4.69) is 11.7 Å². The lowest BCUT2D eigenvalue weighted by atomic mass is 9.50. The Morgan fingerprint density at radius 1 is 1.00 bits per heavy atom. The highest BCUT2D eigenvalue weighted by Crippen LogP contribution is 2.60. The number of alkyl halides is 3. The molecule has 4 aromatic rings. The number of rotatable bonds is 11. The molecule has 3 aromatic carbocycles. The Kier molecular flexibility index (Phi) is 10.1. The number of benzene rings is 3. The number of nitrogens with zero attached hydrogens (tertiary/aromatic N) is 3. The summed E-state index contributed by atoms with van der Waals surface area (Å²) < 4.78 is 66.4. The molecule has 0 spiro atoms. The number of fused-ring (bicyclic) bond motifs is 4. The van der Waals surface area contributed by atoms with E-state index in [0.29, 0.717) is 19.5 Å². The van der Waals surface area contributed by atoms with Gasteiger partial charge in [0, 0.05) is 29.6 Å². The van der Waals surface area contributed by atoms with Crippen molar-refractivity contribution in [2.24, 2.45) is 23.2 Å². The van der Waals surface area contributed by atoms with Crippen molar-refractivity contribution in [2.45, 2.75) is 64.3 Å². The van der Waals surface area contributed by atoms with Crippen molar-refractivity contribution < 1.29 is 46.3 Å². The molecule has 1 saturated carbocycles. The minimum absolute atomic E-state index is 0.0212. The third kappa shape index (κ3) is 6.74. The fraction of sp³-hybridized carbons (Fsp3) is 0.409. The third-order valence-electron chi connectivity index (χ3n) is 12.3. The molecule has 0 radical (unpaired) electrons. The van der Waals surface area contributed by atoms with Crippen molar-refractivity contribution in [1.82, 2.24) is 15.0 Å². The fourth-order valence-corrected chi connectivity index (χ4v) is 9.73. The summed E-state index contributed by atoms with van der Waals surface area (Å²) >= 11 is 0. The summed E-state index contributed by atoms with van der Waals surface area (Å²) in [6, 6.07) is 18.9. The van der Waals surface area contributed by atoms with E-state index in [0.717, 1.165) is 17.5 Å². The van der Waals surface area contributed by atoms with Crippen LogP contribution in [0.4, 0.5) is 13.2 Å². The number of halogens is 3. The number of likely N-dealkylation sites (tertiary alicyclic amines) is 1. The average Bonchev–Trinajstić information content (AvgIpc) is 3.82. The van der Waals surface area contributed by atoms with Crippen LogP contribution in [0.15, 0.2) is 83.9 Å². The van der Waals surface area contributed by atoms with Crippen molar-refractivity contribution >= 4 is 17.3 Å². The van der Waals surface area contributed by atoms with Crippen LogP contribution in [-0.4, -0.2) is 65.9 Å². The number of hydrogen-bond donors (Lipinski definition) is 0. The standard InChI is InChI=1S/C44H44F3N3O7/c1-5-18-50-19-12-17-31(50)28-22-32(54-23-25-13-8-6-9-14-25)34-29(38(28)56-44(45,46)47)20-27-21-30-36(49(3)4)39-35(41(53)43(30,2)40(52)33(27)37(34)51)42(48-57-39)55-24-26-15-10-7-11-16-26/h5-11,13-16,22,27,30-31,33,36H,1,12,17-21,23-24H2,2-4H3. The van der Waals surface area contributed by atoms with Gasteiger partial charge in [-0.15, -0.1) is 19.8 Å². The van der Waals surface area contributed by atoms with Gasteiger partial charge >= 0.3 is 6.36 Å². The Balaban J connectivity index is 1.24. The maximum absolute atomic E-state index is 15.1. The topological polar surface area (TPSA) is 111 Å². The Bertz CT molecular complexity index is 2210. The molecule has 2 heterocycles. The zero-order valence-corrected chi connectivity index (χ0v) is 32.0. The van der Waals surface area contributed by atoms with Gasteiger partial charge in [-0.2, -0.15) is 0 Å². The molecule has 298 valence electrons. The molecule has 1 aromatic heterocycles. The van der Waals surface area contributed by atoms with E-state index >= 15 is 9.59 Å². The number of ketones is 3. The predicted octanol–water partition coefficient (Wildman–Crippen LogP) is 8.12. The first-order chi connectivity index (χ1) is 27.3. The second-order valence-corrected chi connectivity index (χ2v) is 15.9. The van der Waals surface area contributed by atoms with Crippen LogP contribution in [-0.2, 0) is 24.4 Å². The first kappa shape index (κ1) is 38.6. The summed E-state index contributed by atoms with van der Waals surface area (Å²) in [5, 5.41) is 4.14. The minimum atomic E-state index is -5.08. The molecule has 57 heavy (non-hydrogen) atoms. The summed E-state index contributed by atoms with van der Waals surface area (Å²) in [6.45, 7) is 6.61. The van der Waals surface area contributed by atoms with Crippen molar-refractivity contribution in [1.29, 1.82) is 0 Å². The van der Waals surface area contributed by atoms with Crippen LogP contribution in [0.1, 0.15) is 87.0 Å². The molecule has 0 bridgehead atoms. The number of carbonyl (C=O) groups is 3. The van der Waals surface area contributed by atoms with Crippen LogP contribution in [0.2, 0.25) is 0 Å². The van der Waals surface area contributed by atoms with Gasteiger partial charge in [-0.05, 0) is 81.5 Å². The quantitative estimate of drug-likeness (QED) is 0.109. The van der Waals surface area contributed by atoms with E-state index in [9.17, 15) is 18.0 Å². The smallest absolute Gasteiger partial charge is 0.488 e. The second kappa shape index (κ2) is 14.9. The molecule has 6 unspecified atom stereocenters. The number of carbonyl (C=O) groups excluding carboxylic acids is 3. The van der Waals surface area contributed by atoms with E-state index in [4.69, 9.17) is 18.7 Å². The van der Waals surface area contributed by atoms with Crippen LogP contribution in [0.25, 0.3) is 0 Å². The predicted molar refractivity (Wildman–Crippen MR) is 202 cm³/mol. The molecular weight excluding hydrogens is 739 g/mol. The maximum Gasteiger partial charge on any atom is 0.573 e. The van der Waals surface area contributed by atoms with E-state index in [1.807, 2.05) is 70.5 Å². The zero-order valence-electron chi connectivity index (χ0n) is 32.0. The minimum Gasteiger partial charge on any atom is -0.488 e. The van der Waals surface area contributed by atoms with Gasteiger partial charge < -0.3 is 18.7 Å². The summed E-state index contributed by atoms with van der Waals surface area (Å²) in [4.78, 5) is 48.8. The summed E-state index contributed by atoms with van der Waals surface area (Å²) in [7, 11) is 3.59. The van der Waals surface area contributed by atoms with Crippen molar-refractivity contribution in [2.75, 3.05) is 27.2 Å². The number of hydrogen-bond acceptors (Lipinski definition) is 10. The van der Waals surface area contributed by atoms with Gasteiger partial charge in [0.15, 0.2) is 23.1 Å². The van der Waals surface area contributed by atoms with Crippen LogP contribution >= 0.6 is 0 Å². The molecule has 8 rings (SSSR count). The number of aromatic nitrogens is 1. The van der Waals surface area contributed by atoms with Crippen LogP contribution in [0, 0.1) is 23.2 Å². The molecule has 6 atom stereocenters. The van der Waals surface area contributed by atoms with E-state index < -0.39 is 64.7 Å². The van der Waals surface area contributed by atoms with Crippen LogP contribution in [0.5, 0.6) is 17.4 Å². The normalized spacial score (nSPS) is 25.7. The van der Waals surface area contributed by atoms with Gasteiger partial charge in [0.1, 0.15) is 30.3 Å². The molecular formula is C44H44F3N3O7. The van der Waals surface area contributed by atoms with Gasteiger partial charge in [-0.25, -0.2) is 0 Å². The van der Waals surface area contributed by atoms with Crippen LogP contribution < -0.4 is 14.2 Å². The van der Waals surface area contributed by atoms with Crippen molar-refractivity contribution in [3.05, 3.63) is 119 Å². The summed E-state index contributed by atoms with van der Waals surface area (Å²) in [5.74, 6) is -4.78. The summed E-state index contributed by atoms with van der Waals surface area (Å²) in [6.07, 6.45) is -2.00. The lowest BCUT2D eigenvalue weighted by Gasteiger charge is -2.52. The highest BCUT2D eigenvalue weighted by molar-refractivity contribution is 6.24. The zero-order chi connectivity index (χ0) is 40.2. The maximum atomic E-state index is 15.1. The van der Waals surface area contributed by atoms with Gasteiger partial charge in [0.05, 0.1) is 22.9 Å². The van der Waals surface area contributed by atoms with E-state index in [1.54, 1.807) is 27.1 Å². The molecule has 0 amide bonds. The molecule has 13 heteroatoms. The van der Waals surface area contributed by atoms with Gasteiger partial charge in [0.25, 0.3) is 5.88 Å². The average molecular weight is 784 g/mol. The highest BCUT2D eigenvalue weighted by Gasteiger charge is 2.65. The SMILES string of the molecule is C=CCN1CCCC1c1cc(OCc2ccccc2)c2c(c1OC(F)(F)F)CC1CC3C(N(C)C)c4onc(OCc5ccccc5)c4C(=O)C3(C)C(=O)C1C2=O.